The monoisotopic (exact) mass is 337 g/mol. The van der Waals surface area contributed by atoms with E-state index in [0.717, 1.165) is 24.8 Å². The van der Waals surface area contributed by atoms with Crippen LogP contribution < -0.4 is 5.73 Å². The topological polar surface area (TPSA) is 43.1 Å². The second-order valence-electron chi connectivity index (χ2n) is 9.14. The van der Waals surface area contributed by atoms with Gasteiger partial charge in [0, 0.05) is 5.56 Å². The minimum absolute atomic E-state index is 0.108. The smallest absolute Gasteiger partial charge is 0.248 e. The summed E-state index contributed by atoms with van der Waals surface area (Å²) in [6.07, 6.45) is 3.01. The van der Waals surface area contributed by atoms with Crippen molar-refractivity contribution < 1.29 is 4.79 Å². The average molecular weight is 338 g/mol. The van der Waals surface area contributed by atoms with Crippen molar-refractivity contribution in [2.24, 2.45) is 16.6 Å². The number of hydrogen-bond donors (Lipinski definition) is 1. The lowest BCUT2D eigenvalue weighted by Crippen LogP contribution is -2.19. The number of rotatable bonds is 6. The molecule has 2 nitrogen and oxygen atoms in total. The van der Waals surface area contributed by atoms with Crippen molar-refractivity contribution in [1.29, 1.82) is 0 Å². The van der Waals surface area contributed by atoms with E-state index < -0.39 is 0 Å². The number of amides is 1. The molecule has 0 atom stereocenters. The number of hydrogen-bond acceptors (Lipinski definition) is 1. The molecule has 134 valence electrons. The van der Waals surface area contributed by atoms with Gasteiger partial charge in [-0.05, 0) is 58.9 Å². The zero-order valence-electron chi connectivity index (χ0n) is 16.2. The van der Waals surface area contributed by atoms with E-state index in [0.29, 0.717) is 11.0 Å². The normalized spacial score (nSPS) is 12.2. The van der Waals surface area contributed by atoms with E-state index in [1.54, 1.807) is 6.07 Å². The van der Waals surface area contributed by atoms with E-state index in [1.807, 2.05) is 12.1 Å². The Bertz CT molecular complexity index is 738. The van der Waals surface area contributed by atoms with Crippen molar-refractivity contribution >= 4 is 5.91 Å². The van der Waals surface area contributed by atoms with Crippen LogP contribution in [0.3, 0.4) is 0 Å². The highest BCUT2D eigenvalue weighted by Gasteiger charge is 2.20. The Labute approximate surface area is 152 Å². The molecule has 0 aliphatic carbocycles. The Hall–Kier alpha value is -2.09. The van der Waals surface area contributed by atoms with Crippen LogP contribution in [-0.2, 0) is 19.3 Å². The molecule has 1 amide bonds. The summed E-state index contributed by atoms with van der Waals surface area (Å²) in [7, 11) is 0. The molecule has 0 fully saturated rings. The number of carbonyl (C=O) groups is 1. The first-order valence-electron chi connectivity index (χ1n) is 9.01. The van der Waals surface area contributed by atoms with Crippen molar-refractivity contribution in [2.45, 2.75) is 53.9 Å². The fourth-order valence-electron chi connectivity index (χ4n) is 3.46. The Balaban J connectivity index is 2.12. The van der Waals surface area contributed by atoms with Gasteiger partial charge in [0.2, 0.25) is 5.91 Å². The van der Waals surface area contributed by atoms with Crippen LogP contribution in [0.4, 0.5) is 0 Å². The maximum absolute atomic E-state index is 11.4. The van der Waals surface area contributed by atoms with Crippen LogP contribution in [-0.4, -0.2) is 5.91 Å². The second-order valence-corrected chi connectivity index (χ2v) is 9.14. The van der Waals surface area contributed by atoms with Crippen molar-refractivity contribution in [3.05, 3.63) is 70.8 Å². The summed E-state index contributed by atoms with van der Waals surface area (Å²) >= 11 is 0. The number of carbonyl (C=O) groups excluding carboxylic acids is 1. The highest BCUT2D eigenvalue weighted by Crippen LogP contribution is 2.28. The van der Waals surface area contributed by atoms with Gasteiger partial charge in [-0.3, -0.25) is 4.79 Å². The Morgan fingerprint density at radius 2 is 1.28 bits per heavy atom. The van der Waals surface area contributed by atoms with Gasteiger partial charge in [0.1, 0.15) is 0 Å². The molecule has 0 aliphatic rings. The first-order chi connectivity index (χ1) is 11.5. The molecular formula is C23H31NO. The van der Waals surface area contributed by atoms with Crippen LogP contribution in [0.1, 0.15) is 61.7 Å². The van der Waals surface area contributed by atoms with E-state index in [4.69, 9.17) is 5.73 Å². The molecule has 0 bridgehead atoms. The zero-order chi connectivity index (χ0) is 18.7. The molecule has 0 saturated carbocycles. The van der Waals surface area contributed by atoms with Crippen LogP contribution in [0.5, 0.6) is 0 Å². The zero-order valence-corrected chi connectivity index (χ0v) is 16.2. The molecule has 0 spiro atoms. The molecule has 0 aromatic heterocycles. The minimum Gasteiger partial charge on any atom is -0.366 e. The molecule has 2 N–H and O–H groups in total. The Morgan fingerprint density at radius 3 is 1.80 bits per heavy atom. The van der Waals surface area contributed by atoms with E-state index in [9.17, 15) is 4.79 Å². The van der Waals surface area contributed by atoms with Gasteiger partial charge in [0.25, 0.3) is 0 Å². The predicted octanol–water partition coefficient (Wildman–Crippen LogP) is 5.19. The van der Waals surface area contributed by atoms with Crippen molar-refractivity contribution in [3.63, 3.8) is 0 Å². The molecule has 25 heavy (non-hydrogen) atoms. The first-order valence-corrected chi connectivity index (χ1v) is 9.01. The predicted molar refractivity (Wildman–Crippen MR) is 106 cm³/mol. The van der Waals surface area contributed by atoms with Crippen LogP contribution in [0.2, 0.25) is 0 Å². The Morgan fingerprint density at radius 1 is 0.800 bits per heavy atom. The molecule has 0 radical (unpaired) electrons. The van der Waals surface area contributed by atoms with Crippen LogP contribution in [0, 0.1) is 10.8 Å². The van der Waals surface area contributed by atoms with Gasteiger partial charge in [-0.15, -0.1) is 0 Å². The summed E-state index contributed by atoms with van der Waals surface area (Å²) in [6, 6.07) is 16.6. The summed E-state index contributed by atoms with van der Waals surface area (Å²) in [4.78, 5) is 11.4. The molecule has 2 aromatic rings. The highest BCUT2D eigenvalue weighted by molar-refractivity contribution is 5.92. The molecule has 2 heteroatoms. The number of primary amides is 1. The SMILES string of the molecule is CC(C)(C)Cc1cccc(CC(C)(C)Cc2cccc(C(N)=O)c2)c1. The lowest BCUT2D eigenvalue weighted by atomic mass is 9.79. The van der Waals surface area contributed by atoms with Crippen LogP contribution >= 0.6 is 0 Å². The van der Waals surface area contributed by atoms with Crippen molar-refractivity contribution in [2.75, 3.05) is 0 Å². The van der Waals surface area contributed by atoms with Crippen molar-refractivity contribution in [3.8, 4) is 0 Å². The van der Waals surface area contributed by atoms with Gasteiger partial charge in [0.15, 0.2) is 0 Å². The fourth-order valence-corrected chi connectivity index (χ4v) is 3.46. The van der Waals surface area contributed by atoms with Gasteiger partial charge in [-0.1, -0.05) is 71.0 Å². The van der Waals surface area contributed by atoms with Crippen molar-refractivity contribution in [1.82, 2.24) is 0 Å². The third-order valence-corrected chi connectivity index (χ3v) is 4.30. The lowest BCUT2D eigenvalue weighted by molar-refractivity contribution is 0.1000. The summed E-state index contributed by atoms with van der Waals surface area (Å²) in [5.41, 5.74) is 10.3. The maximum Gasteiger partial charge on any atom is 0.248 e. The minimum atomic E-state index is -0.366. The maximum atomic E-state index is 11.4. The molecule has 0 saturated heterocycles. The van der Waals surface area contributed by atoms with Gasteiger partial charge < -0.3 is 5.73 Å². The van der Waals surface area contributed by atoms with Crippen LogP contribution in [0.15, 0.2) is 48.5 Å². The molecular weight excluding hydrogens is 306 g/mol. The van der Waals surface area contributed by atoms with Gasteiger partial charge in [-0.2, -0.15) is 0 Å². The van der Waals surface area contributed by atoms with Crippen LogP contribution in [0.25, 0.3) is 0 Å². The van der Waals surface area contributed by atoms with Gasteiger partial charge >= 0.3 is 0 Å². The van der Waals surface area contributed by atoms with E-state index in [1.165, 1.54) is 11.1 Å². The summed E-state index contributed by atoms with van der Waals surface area (Å²) in [6.45, 7) is 11.4. The third kappa shape index (κ3) is 6.38. The first kappa shape index (κ1) is 19.2. The quantitative estimate of drug-likeness (QED) is 0.775. The number of nitrogens with two attached hydrogens (primary N) is 1. The summed E-state index contributed by atoms with van der Waals surface area (Å²) in [5.74, 6) is -0.366. The Kier molecular flexibility index (Phi) is 5.72. The lowest BCUT2D eigenvalue weighted by Gasteiger charge is -2.26. The molecule has 0 heterocycles. The van der Waals surface area contributed by atoms with E-state index in [-0.39, 0.29) is 11.3 Å². The summed E-state index contributed by atoms with van der Waals surface area (Å²) in [5, 5.41) is 0. The molecule has 2 rings (SSSR count). The number of benzene rings is 2. The highest BCUT2D eigenvalue weighted by atomic mass is 16.1. The largest absolute Gasteiger partial charge is 0.366 e. The van der Waals surface area contributed by atoms with Gasteiger partial charge in [0.05, 0.1) is 0 Å². The molecule has 2 aromatic carbocycles. The van der Waals surface area contributed by atoms with E-state index in [2.05, 4.69) is 65.0 Å². The summed E-state index contributed by atoms with van der Waals surface area (Å²) < 4.78 is 0. The molecule has 0 aliphatic heterocycles. The standard InChI is InChI=1S/C23H31NO/c1-22(2,3)14-17-8-6-9-18(12-17)15-23(4,5)16-19-10-7-11-20(13-19)21(24)25/h6-13H,14-16H2,1-5H3,(H2,24,25). The second kappa shape index (κ2) is 7.43. The van der Waals surface area contributed by atoms with E-state index >= 15 is 0 Å². The fraction of sp³-hybridized carbons (Fsp3) is 0.435. The third-order valence-electron chi connectivity index (χ3n) is 4.30. The van der Waals surface area contributed by atoms with Gasteiger partial charge in [-0.25, -0.2) is 0 Å². The average Bonchev–Trinajstić information content (AvgIpc) is 2.44. The molecule has 0 unspecified atom stereocenters.